The monoisotopic (exact) mass is 303 g/mol. The summed E-state index contributed by atoms with van der Waals surface area (Å²) in [6, 6.07) is 5.77. The van der Waals surface area contributed by atoms with E-state index in [1.165, 1.54) is 12.1 Å². The molecular weight excluding hydrogens is 283 g/mol. The molecule has 0 atom stereocenters. The van der Waals surface area contributed by atoms with Crippen LogP contribution in [0.15, 0.2) is 29.3 Å². The minimum Gasteiger partial charge on any atom is -0.406 e. The molecule has 0 radical (unpaired) electrons. The molecule has 3 N–H and O–H groups in total. The fraction of sp³-hybridized carbons (Fsp3) is 0.500. The quantitative estimate of drug-likeness (QED) is 0.462. The van der Waals surface area contributed by atoms with Gasteiger partial charge in [0.1, 0.15) is 5.75 Å². The zero-order chi connectivity index (χ0) is 15.7. The molecule has 0 fully saturated rings. The summed E-state index contributed by atoms with van der Waals surface area (Å²) in [6.07, 6.45) is -1.98. The van der Waals surface area contributed by atoms with Crippen molar-refractivity contribution in [3.63, 3.8) is 0 Å². The van der Waals surface area contributed by atoms with Gasteiger partial charge in [-0.1, -0.05) is 25.5 Å². The Morgan fingerprint density at radius 2 is 1.95 bits per heavy atom. The van der Waals surface area contributed by atoms with Crippen molar-refractivity contribution in [2.75, 3.05) is 13.1 Å². The Morgan fingerprint density at radius 1 is 1.29 bits per heavy atom. The van der Waals surface area contributed by atoms with Gasteiger partial charge >= 0.3 is 6.36 Å². The van der Waals surface area contributed by atoms with Crippen molar-refractivity contribution in [3.8, 4) is 5.75 Å². The van der Waals surface area contributed by atoms with E-state index in [-0.39, 0.29) is 5.75 Å². The van der Waals surface area contributed by atoms with Crippen LogP contribution in [0.2, 0.25) is 0 Å². The first-order valence-electron chi connectivity index (χ1n) is 6.79. The van der Waals surface area contributed by atoms with Gasteiger partial charge in [-0.25, -0.2) is 0 Å². The molecule has 118 valence electrons. The predicted molar refractivity (Wildman–Crippen MR) is 76.2 cm³/mol. The molecular formula is C14H20F3N3O. The summed E-state index contributed by atoms with van der Waals surface area (Å²) in [6.45, 7) is 3.34. The van der Waals surface area contributed by atoms with Gasteiger partial charge in [0.05, 0.1) is 0 Å². The van der Waals surface area contributed by atoms with Crippen LogP contribution in [0.25, 0.3) is 0 Å². The molecule has 0 unspecified atom stereocenters. The molecule has 0 saturated carbocycles. The number of nitrogens with one attached hydrogen (secondary N) is 1. The van der Waals surface area contributed by atoms with E-state index in [4.69, 9.17) is 5.73 Å². The van der Waals surface area contributed by atoms with Crippen LogP contribution >= 0.6 is 0 Å². The summed E-state index contributed by atoms with van der Waals surface area (Å²) in [4.78, 5) is 4.14. The number of alkyl halides is 3. The standard InChI is InChI=1S/C14H20F3N3O/c1-2-3-9-19-13(18)20-10-8-11-4-6-12(7-5-11)21-14(15,16)17/h4-7H,2-3,8-10H2,1H3,(H3,18,19,20). The molecule has 0 aliphatic rings. The van der Waals surface area contributed by atoms with Crippen LogP contribution in [0.1, 0.15) is 25.3 Å². The van der Waals surface area contributed by atoms with E-state index in [1.807, 2.05) is 0 Å². The van der Waals surface area contributed by atoms with E-state index >= 15 is 0 Å². The highest BCUT2D eigenvalue weighted by Gasteiger charge is 2.30. The summed E-state index contributed by atoms with van der Waals surface area (Å²) < 4.78 is 39.8. The van der Waals surface area contributed by atoms with Gasteiger partial charge in [0.2, 0.25) is 0 Å². The molecule has 21 heavy (non-hydrogen) atoms. The molecule has 0 saturated heterocycles. The minimum absolute atomic E-state index is 0.222. The molecule has 0 aromatic heterocycles. The van der Waals surface area contributed by atoms with E-state index in [2.05, 4.69) is 22.0 Å². The Balaban J connectivity index is 2.34. The largest absolute Gasteiger partial charge is 0.573 e. The van der Waals surface area contributed by atoms with Gasteiger partial charge in [0, 0.05) is 13.1 Å². The second-order valence-electron chi connectivity index (χ2n) is 4.49. The summed E-state index contributed by atoms with van der Waals surface area (Å²) in [5.74, 6) is 0.167. The Bertz CT molecular complexity index is 444. The van der Waals surface area contributed by atoms with Crippen LogP contribution < -0.4 is 15.8 Å². The Labute approximate surface area is 122 Å². The van der Waals surface area contributed by atoms with Crippen molar-refractivity contribution >= 4 is 5.96 Å². The van der Waals surface area contributed by atoms with Gasteiger partial charge in [0.25, 0.3) is 0 Å². The predicted octanol–water partition coefficient (Wildman–Crippen LogP) is 2.83. The average Bonchev–Trinajstić information content (AvgIpc) is 2.39. The Hall–Kier alpha value is -1.92. The van der Waals surface area contributed by atoms with Crippen LogP contribution in [-0.4, -0.2) is 25.4 Å². The Morgan fingerprint density at radius 3 is 2.52 bits per heavy atom. The fourth-order valence-electron chi connectivity index (χ4n) is 1.61. The van der Waals surface area contributed by atoms with Crippen molar-refractivity contribution in [3.05, 3.63) is 29.8 Å². The molecule has 0 aliphatic heterocycles. The second kappa shape index (κ2) is 8.39. The van der Waals surface area contributed by atoms with Crippen LogP contribution in [-0.2, 0) is 6.42 Å². The number of halogens is 3. The summed E-state index contributed by atoms with van der Waals surface area (Å²) in [7, 11) is 0. The third-order valence-corrected chi connectivity index (χ3v) is 2.67. The number of ether oxygens (including phenoxy) is 1. The summed E-state index contributed by atoms with van der Waals surface area (Å²) >= 11 is 0. The lowest BCUT2D eigenvalue weighted by molar-refractivity contribution is -0.274. The molecule has 0 bridgehead atoms. The topological polar surface area (TPSA) is 59.6 Å². The Kier molecular flexibility index (Phi) is 6.84. The van der Waals surface area contributed by atoms with Gasteiger partial charge in [-0.05, 0) is 30.5 Å². The van der Waals surface area contributed by atoms with Crippen molar-refractivity contribution in [2.24, 2.45) is 10.7 Å². The zero-order valence-electron chi connectivity index (χ0n) is 11.9. The SMILES string of the molecule is CCCCN=C(N)NCCc1ccc(OC(F)(F)F)cc1. The number of rotatable bonds is 7. The number of guanidine groups is 1. The van der Waals surface area contributed by atoms with E-state index in [9.17, 15) is 13.2 Å². The van der Waals surface area contributed by atoms with Crippen molar-refractivity contribution in [2.45, 2.75) is 32.5 Å². The maximum Gasteiger partial charge on any atom is 0.573 e. The highest BCUT2D eigenvalue weighted by Crippen LogP contribution is 2.22. The first kappa shape index (κ1) is 17.1. The molecule has 0 heterocycles. The van der Waals surface area contributed by atoms with Crippen LogP contribution in [0.4, 0.5) is 13.2 Å². The van der Waals surface area contributed by atoms with Gasteiger partial charge in [0.15, 0.2) is 5.96 Å². The number of aliphatic imine (C=N–C) groups is 1. The van der Waals surface area contributed by atoms with Gasteiger partial charge in [-0.15, -0.1) is 13.2 Å². The van der Waals surface area contributed by atoms with Crippen molar-refractivity contribution < 1.29 is 17.9 Å². The molecule has 0 amide bonds. The maximum atomic E-state index is 12.0. The van der Waals surface area contributed by atoms with Crippen LogP contribution in [0.5, 0.6) is 5.75 Å². The van der Waals surface area contributed by atoms with Gasteiger partial charge < -0.3 is 15.8 Å². The maximum absolute atomic E-state index is 12.0. The second-order valence-corrected chi connectivity index (χ2v) is 4.49. The fourth-order valence-corrected chi connectivity index (χ4v) is 1.61. The summed E-state index contributed by atoms with van der Waals surface area (Å²) in [5, 5.41) is 2.96. The third kappa shape index (κ3) is 8.06. The average molecular weight is 303 g/mol. The third-order valence-electron chi connectivity index (χ3n) is 2.67. The normalized spacial score (nSPS) is 12.3. The molecule has 0 spiro atoms. The molecule has 4 nitrogen and oxygen atoms in total. The van der Waals surface area contributed by atoms with Crippen molar-refractivity contribution in [1.82, 2.24) is 5.32 Å². The molecule has 1 rings (SSSR count). The first-order valence-corrected chi connectivity index (χ1v) is 6.79. The number of hydrogen-bond acceptors (Lipinski definition) is 2. The van der Waals surface area contributed by atoms with Crippen molar-refractivity contribution in [1.29, 1.82) is 0 Å². The highest BCUT2D eigenvalue weighted by atomic mass is 19.4. The zero-order valence-corrected chi connectivity index (χ0v) is 11.9. The minimum atomic E-state index is -4.66. The summed E-state index contributed by atoms with van der Waals surface area (Å²) in [5.41, 5.74) is 6.55. The lowest BCUT2D eigenvalue weighted by atomic mass is 10.1. The van der Waals surface area contributed by atoms with Crippen LogP contribution in [0.3, 0.4) is 0 Å². The lowest BCUT2D eigenvalue weighted by Gasteiger charge is -2.09. The smallest absolute Gasteiger partial charge is 0.406 e. The number of hydrogen-bond donors (Lipinski definition) is 2. The number of unbranched alkanes of at least 4 members (excludes halogenated alkanes) is 1. The van der Waals surface area contributed by atoms with Gasteiger partial charge in [-0.2, -0.15) is 0 Å². The molecule has 1 aromatic carbocycles. The number of benzene rings is 1. The number of nitrogens with zero attached hydrogens (tertiary/aromatic N) is 1. The number of nitrogens with two attached hydrogens (primary N) is 1. The van der Waals surface area contributed by atoms with Gasteiger partial charge in [-0.3, -0.25) is 4.99 Å². The highest BCUT2D eigenvalue weighted by molar-refractivity contribution is 5.77. The van der Waals surface area contributed by atoms with E-state index in [0.717, 1.165) is 18.4 Å². The van der Waals surface area contributed by atoms with E-state index in [1.54, 1.807) is 12.1 Å². The first-order chi connectivity index (χ1) is 9.90. The van der Waals surface area contributed by atoms with Crippen LogP contribution in [0, 0.1) is 0 Å². The lowest BCUT2D eigenvalue weighted by Crippen LogP contribution is -2.33. The van der Waals surface area contributed by atoms with E-state index < -0.39 is 6.36 Å². The molecule has 0 aliphatic carbocycles. The van der Waals surface area contributed by atoms with E-state index in [0.29, 0.717) is 25.5 Å². The molecule has 7 heteroatoms. The molecule has 1 aromatic rings.